The molecule has 0 spiro atoms. The fourth-order valence-corrected chi connectivity index (χ4v) is 1.47. The first-order valence-corrected chi connectivity index (χ1v) is 5.53. The van der Waals surface area contributed by atoms with E-state index in [1.165, 1.54) is 18.3 Å². The number of halogens is 2. The molecule has 0 amide bonds. The Morgan fingerprint density at radius 1 is 1.35 bits per heavy atom. The molecular weight excluding hydrogens is 243 g/mol. The summed E-state index contributed by atoms with van der Waals surface area (Å²) >= 11 is 5.65. The number of ether oxygens (including phenoxy) is 1. The molecule has 1 aromatic heterocycles. The van der Waals surface area contributed by atoms with E-state index in [1.54, 1.807) is 19.2 Å². The van der Waals surface area contributed by atoms with E-state index in [-0.39, 0.29) is 11.7 Å². The van der Waals surface area contributed by atoms with Crippen LogP contribution in [0.15, 0.2) is 30.6 Å². The van der Waals surface area contributed by atoms with Crippen LogP contribution in [0.1, 0.15) is 11.3 Å². The highest BCUT2D eigenvalue weighted by Crippen LogP contribution is 2.23. The van der Waals surface area contributed by atoms with Gasteiger partial charge in [-0.25, -0.2) is 9.37 Å². The summed E-state index contributed by atoms with van der Waals surface area (Å²) in [5.41, 5.74) is 1.33. The van der Waals surface area contributed by atoms with Crippen molar-refractivity contribution < 1.29 is 9.13 Å². The van der Waals surface area contributed by atoms with Crippen molar-refractivity contribution in [2.45, 2.75) is 12.8 Å². The summed E-state index contributed by atoms with van der Waals surface area (Å²) in [5, 5.41) is 0. The quantitative estimate of drug-likeness (QED) is 0.785. The Morgan fingerprint density at radius 3 is 2.88 bits per heavy atom. The lowest BCUT2D eigenvalue weighted by Gasteiger charge is -2.07. The number of rotatable bonds is 3. The lowest BCUT2D eigenvalue weighted by molar-refractivity contribution is 0.453. The van der Waals surface area contributed by atoms with Crippen LogP contribution < -0.4 is 4.74 Å². The second kappa shape index (κ2) is 5.10. The maximum atomic E-state index is 12.9. The van der Waals surface area contributed by atoms with Gasteiger partial charge in [-0.05, 0) is 30.7 Å². The van der Waals surface area contributed by atoms with Crippen molar-refractivity contribution in [3.63, 3.8) is 0 Å². The maximum Gasteiger partial charge on any atom is 0.238 e. The van der Waals surface area contributed by atoms with Gasteiger partial charge in [-0.2, -0.15) is 0 Å². The van der Waals surface area contributed by atoms with Crippen LogP contribution in [-0.4, -0.2) is 9.97 Å². The van der Waals surface area contributed by atoms with Gasteiger partial charge in [0, 0.05) is 6.20 Å². The number of alkyl halides is 1. The summed E-state index contributed by atoms with van der Waals surface area (Å²) in [6, 6.07) is 4.29. The van der Waals surface area contributed by atoms with Gasteiger partial charge in [0.05, 0.1) is 17.8 Å². The highest BCUT2D eigenvalue weighted by molar-refractivity contribution is 6.16. The fourth-order valence-electron chi connectivity index (χ4n) is 1.34. The van der Waals surface area contributed by atoms with Crippen molar-refractivity contribution in [1.82, 2.24) is 9.97 Å². The van der Waals surface area contributed by atoms with Gasteiger partial charge in [0.1, 0.15) is 11.6 Å². The Hall–Kier alpha value is -1.68. The van der Waals surface area contributed by atoms with E-state index in [0.29, 0.717) is 22.9 Å². The molecule has 0 aliphatic carbocycles. The predicted octanol–water partition coefficient (Wildman–Crippen LogP) is 3.46. The Morgan fingerprint density at radius 2 is 2.18 bits per heavy atom. The number of benzene rings is 1. The van der Waals surface area contributed by atoms with E-state index in [1.807, 2.05) is 0 Å². The van der Waals surface area contributed by atoms with E-state index >= 15 is 0 Å². The summed E-state index contributed by atoms with van der Waals surface area (Å²) in [6.07, 6.45) is 3.05. The molecule has 0 aliphatic rings. The van der Waals surface area contributed by atoms with Crippen LogP contribution in [0.5, 0.6) is 11.6 Å². The number of nitrogens with zero attached hydrogens (tertiary/aromatic N) is 2. The minimum atomic E-state index is -0.296. The molecule has 2 aromatic rings. The molecule has 1 heterocycles. The first-order valence-electron chi connectivity index (χ1n) is 5.00. The Balaban J connectivity index is 2.25. The van der Waals surface area contributed by atoms with E-state index in [2.05, 4.69) is 9.97 Å². The highest BCUT2D eigenvalue weighted by Gasteiger charge is 2.04. The van der Waals surface area contributed by atoms with Gasteiger partial charge in [-0.1, -0.05) is 0 Å². The molecule has 0 unspecified atom stereocenters. The standard InChI is InChI=1S/C12H10ClFN2O/c1-8-4-9(14)2-3-11(8)17-12-7-15-6-10(5-13)16-12/h2-4,6-7H,5H2,1H3. The molecule has 17 heavy (non-hydrogen) atoms. The molecule has 88 valence electrons. The van der Waals surface area contributed by atoms with Gasteiger partial charge in [0.25, 0.3) is 0 Å². The van der Waals surface area contributed by atoms with Gasteiger partial charge < -0.3 is 4.74 Å². The zero-order valence-electron chi connectivity index (χ0n) is 9.15. The highest BCUT2D eigenvalue weighted by atomic mass is 35.5. The van der Waals surface area contributed by atoms with Crippen LogP contribution in [-0.2, 0) is 5.88 Å². The maximum absolute atomic E-state index is 12.9. The first kappa shape index (κ1) is 11.8. The van der Waals surface area contributed by atoms with Crippen molar-refractivity contribution in [2.24, 2.45) is 0 Å². The molecule has 1 aromatic carbocycles. The average Bonchev–Trinajstić information content (AvgIpc) is 2.33. The van der Waals surface area contributed by atoms with Crippen LogP contribution >= 0.6 is 11.6 Å². The molecule has 0 bridgehead atoms. The van der Waals surface area contributed by atoms with Crippen molar-refractivity contribution in [1.29, 1.82) is 0 Å². The third-order valence-corrected chi connectivity index (χ3v) is 2.42. The summed E-state index contributed by atoms with van der Waals surface area (Å²) in [5.74, 6) is 0.868. The Labute approximate surface area is 103 Å². The molecule has 3 nitrogen and oxygen atoms in total. The van der Waals surface area contributed by atoms with Crippen molar-refractivity contribution in [3.05, 3.63) is 47.7 Å². The predicted molar refractivity (Wildman–Crippen MR) is 62.8 cm³/mol. The average molecular weight is 253 g/mol. The minimum Gasteiger partial charge on any atom is -0.437 e. The van der Waals surface area contributed by atoms with E-state index < -0.39 is 0 Å². The smallest absolute Gasteiger partial charge is 0.238 e. The molecule has 0 saturated carbocycles. The summed E-state index contributed by atoms with van der Waals surface area (Å²) in [6.45, 7) is 1.76. The van der Waals surface area contributed by atoms with Gasteiger partial charge in [0.15, 0.2) is 0 Å². The van der Waals surface area contributed by atoms with Crippen molar-refractivity contribution in [3.8, 4) is 11.6 Å². The van der Waals surface area contributed by atoms with E-state index in [4.69, 9.17) is 16.3 Å². The topological polar surface area (TPSA) is 35.0 Å². The zero-order chi connectivity index (χ0) is 12.3. The second-order valence-electron chi connectivity index (χ2n) is 3.49. The van der Waals surface area contributed by atoms with Crippen molar-refractivity contribution >= 4 is 11.6 Å². The summed E-state index contributed by atoms with van der Waals surface area (Å²) in [4.78, 5) is 8.09. The van der Waals surface area contributed by atoms with Gasteiger partial charge in [-0.15, -0.1) is 11.6 Å². The van der Waals surface area contributed by atoms with Crippen LogP contribution in [0.3, 0.4) is 0 Å². The van der Waals surface area contributed by atoms with Crippen LogP contribution in [0.25, 0.3) is 0 Å². The van der Waals surface area contributed by atoms with Crippen LogP contribution in [0.2, 0.25) is 0 Å². The zero-order valence-corrected chi connectivity index (χ0v) is 9.91. The van der Waals surface area contributed by atoms with E-state index in [9.17, 15) is 4.39 Å². The number of hydrogen-bond donors (Lipinski definition) is 0. The molecule has 5 heteroatoms. The van der Waals surface area contributed by atoms with Gasteiger partial charge in [0.2, 0.25) is 5.88 Å². The summed E-state index contributed by atoms with van der Waals surface area (Å²) < 4.78 is 18.4. The lowest BCUT2D eigenvalue weighted by Crippen LogP contribution is -1.94. The molecule has 0 fully saturated rings. The summed E-state index contributed by atoms with van der Waals surface area (Å²) in [7, 11) is 0. The Kier molecular flexibility index (Phi) is 3.54. The second-order valence-corrected chi connectivity index (χ2v) is 3.76. The van der Waals surface area contributed by atoms with Crippen molar-refractivity contribution in [2.75, 3.05) is 0 Å². The molecule has 2 rings (SSSR count). The third-order valence-electron chi connectivity index (χ3n) is 2.15. The normalized spacial score (nSPS) is 10.3. The van der Waals surface area contributed by atoms with Crippen LogP contribution in [0.4, 0.5) is 4.39 Å². The number of aromatic nitrogens is 2. The minimum absolute atomic E-state index is 0.270. The van der Waals surface area contributed by atoms with Crippen LogP contribution in [0, 0.1) is 12.7 Å². The Bertz CT molecular complexity index is 534. The SMILES string of the molecule is Cc1cc(F)ccc1Oc1cncc(CCl)n1. The molecule has 0 radical (unpaired) electrons. The molecule has 0 aliphatic heterocycles. The molecule has 0 N–H and O–H groups in total. The number of aryl methyl sites for hydroxylation is 1. The fraction of sp³-hybridized carbons (Fsp3) is 0.167. The monoisotopic (exact) mass is 252 g/mol. The largest absolute Gasteiger partial charge is 0.437 e. The molecule has 0 atom stereocenters. The third kappa shape index (κ3) is 2.91. The molecule has 0 saturated heterocycles. The molecular formula is C12H10ClFN2O. The van der Waals surface area contributed by atoms with Gasteiger partial charge in [-0.3, -0.25) is 4.98 Å². The van der Waals surface area contributed by atoms with Gasteiger partial charge >= 0.3 is 0 Å². The number of hydrogen-bond acceptors (Lipinski definition) is 3. The van der Waals surface area contributed by atoms with E-state index in [0.717, 1.165) is 0 Å². The first-order chi connectivity index (χ1) is 8.19. The lowest BCUT2D eigenvalue weighted by atomic mass is 10.2.